The molecule has 0 saturated carbocycles. The van der Waals surface area contributed by atoms with Gasteiger partial charge in [0.25, 0.3) is 0 Å². The van der Waals surface area contributed by atoms with E-state index in [1.54, 1.807) is 0 Å². The molecule has 0 amide bonds. The Morgan fingerprint density at radius 1 is 1.00 bits per heavy atom. The fraction of sp³-hybridized carbons (Fsp3) is 0.882. The lowest BCUT2D eigenvalue weighted by Gasteiger charge is -2.37. The van der Waals surface area contributed by atoms with Crippen LogP contribution in [0.1, 0.15) is 67.2 Å². The van der Waals surface area contributed by atoms with Crippen molar-refractivity contribution in [1.29, 1.82) is 0 Å². The van der Waals surface area contributed by atoms with E-state index in [9.17, 15) is 19.8 Å². The smallest absolute Gasteiger partial charge is 0.307 e. The molecule has 2 atom stereocenters. The molecule has 21 heavy (non-hydrogen) atoms. The molecule has 0 spiro atoms. The molecule has 4 heteroatoms. The lowest BCUT2D eigenvalue weighted by molar-refractivity contribution is -0.160. The van der Waals surface area contributed by atoms with Gasteiger partial charge in [-0.25, -0.2) is 0 Å². The SMILES string of the molecule is CCC(CC)CC(C(=O)O)C(C(=O)O)C(C)(C)CC(C)C. The largest absolute Gasteiger partial charge is 0.481 e. The van der Waals surface area contributed by atoms with Crippen molar-refractivity contribution in [3.05, 3.63) is 0 Å². The Kier molecular flexibility index (Phi) is 7.98. The van der Waals surface area contributed by atoms with Crippen molar-refractivity contribution in [1.82, 2.24) is 0 Å². The summed E-state index contributed by atoms with van der Waals surface area (Å²) in [5, 5.41) is 19.2. The van der Waals surface area contributed by atoms with Crippen molar-refractivity contribution in [2.75, 3.05) is 0 Å². The lowest BCUT2D eigenvalue weighted by Crippen LogP contribution is -2.42. The van der Waals surface area contributed by atoms with Gasteiger partial charge in [0, 0.05) is 0 Å². The van der Waals surface area contributed by atoms with E-state index in [2.05, 4.69) is 0 Å². The Balaban J connectivity index is 5.44. The van der Waals surface area contributed by atoms with E-state index >= 15 is 0 Å². The maximum Gasteiger partial charge on any atom is 0.307 e. The predicted molar refractivity (Wildman–Crippen MR) is 84.2 cm³/mol. The third-order valence-electron chi connectivity index (χ3n) is 4.50. The van der Waals surface area contributed by atoms with Crippen LogP contribution in [-0.4, -0.2) is 22.2 Å². The van der Waals surface area contributed by atoms with E-state index in [-0.39, 0.29) is 5.92 Å². The van der Waals surface area contributed by atoms with Crippen LogP contribution in [0.2, 0.25) is 0 Å². The van der Waals surface area contributed by atoms with Gasteiger partial charge in [-0.15, -0.1) is 0 Å². The van der Waals surface area contributed by atoms with Gasteiger partial charge in [0.05, 0.1) is 11.8 Å². The monoisotopic (exact) mass is 300 g/mol. The van der Waals surface area contributed by atoms with Crippen LogP contribution in [0, 0.1) is 29.1 Å². The van der Waals surface area contributed by atoms with Gasteiger partial charge in [0.2, 0.25) is 0 Å². The van der Waals surface area contributed by atoms with E-state index in [1.165, 1.54) is 0 Å². The second kappa shape index (κ2) is 8.40. The van der Waals surface area contributed by atoms with E-state index in [0.29, 0.717) is 18.8 Å². The number of carbonyl (C=O) groups is 2. The highest BCUT2D eigenvalue weighted by molar-refractivity contribution is 5.80. The molecule has 0 rings (SSSR count). The number of carboxylic acid groups (broad SMARTS) is 2. The molecule has 0 aromatic heterocycles. The van der Waals surface area contributed by atoms with E-state index < -0.39 is 29.2 Å². The molecular weight excluding hydrogens is 268 g/mol. The molecular formula is C17H32O4. The first-order valence-corrected chi connectivity index (χ1v) is 8.02. The van der Waals surface area contributed by atoms with Crippen LogP contribution in [0.4, 0.5) is 0 Å². The second-order valence-corrected chi connectivity index (χ2v) is 7.27. The van der Waals surface area contributed by atoms with E-state index in [4.69, 9.17) is 0 Å². The van der Waals surface area contributed by atoms with Gasteiger partial charge in [-0.05, 0) is 30.1 Å². The first-order valence-electron chi connectivity index (χ1n) is 8.02. The first-order chi connectivity index (χ1) is 9.56. The van der Waals surface area contributed by atoms with Crippen LogP contribution in [0.25, 0.3) is 0 Å². The molecule has 0 radical (unpaired) electrons. The minimum Gasteiger partial charge on any atom is -0.481 e. The van der Waals surface area contributed by atoms with Crippen molar-refractivity contribution in [2.24, 2.45) is 29.1 Å². The minimum absolute atomic E-state index is 0.266. The van der Waals surface area contributed by atoms with Gasteiger partial charge in [0.15, 0.2) is 0 Å². The Labute approximate surface area is 128 Å². The third-order valence-corrected chi connectivity index (χ3v) is 4.50. The Morgan fingerprint density at radius 3 is 1.76 bits per heavy atom. The van der Waals surface area contributed by atoms with Crippen molar-refractivity contribution >= 4 is 11.9 Å². The summed E-state index contributed by atoms with van der Waals surface area (Å²) in [5.41, 5.74) is -0.533. The average molecular weight is 300 g/mol. The summed E-state index contributed by atoms with van der Waals surface area (Å²) in [6.07, 6.45) is 2.92. The zero-order valence-corrected chi connectivity index (χ0v) is 14.3. The number of hydrogen-bond acceptors (Lipinski definition) is 2. The van der Waals surface area contributed by atoms with Crippen LogP contribution >= 0.6 is 0 Å². The van der Waals surface area contributed by atoms with E-state index in [1.807, 2.05) is 41.5 Å². The Morgan fingerprint density at radius 2 is 1.48 bits per heavy atom. The summed E-state index contributed by atoms with van der Waals surface area (Å²) >= 11 is 0. The number of rotatable bonds is 10. The molecule has 0 bridgehead atoms. The first kappa shape index (κ1) is 19.9. The van der Waals surface area contributed by atoms with Crippen molar-refractivity contribution in [3.8, 4) is 0 Å². The fourth-order valence-corrected chi connectivity index (χ4v) is 3.59. The highest BCUT2D eigenvalue weighted by atomic mass is 16.4. The number of aliphatic carboxylic acids is 2. The summed E-state index contributed by atoms with van der Waals surface area (Å²) in [6, 6.07) is 0. The van der Waals surface area contributed by atoms with Gasteiger partial charge < -0.3 is 10.2 Å². The van der Waals surface area contributed by atoms with Crippen molar-refractivity contribution in [2.45, 2.75) is 67.2 Å². The van der Waals surface area contributed by atoms with Gasteiger partial charge in [-0.1, -0.05) is 54.4 Å². The second-order valence-electron chi connectivity index (χ2n) is 7.27. The molecule has 0 saturated heterocycles. The molecule has 0 aliphatic heterocycles. The maximum absolute atomic E-state index is 11.8. The summed E-state index contributed by atoms with van der Waals surface area (Å²) in [5.74, 6) is -3.03. The zero-order valence-electron chi connectivity index (χ0n) is 14.3. The molecule has 0 fully saturated rings. The van der Waals surface area contributed by atoms with Crippen molar-refractivity contribution in [3.63, 3.8) is 0 Å². The third kappa shape index (κ3) is 6.06. The summed E-state index contributed by atoms with van der Waals surface area (Å²) in [7, 11) is 0. The predicted octanol–water partition coefficient (Wildman–Crippen LogP) is 4.29. The van der Waals surface area contributed by atoms with Gasteiger partial charge >= 0.3 is 11.9 Å². The quantitative estimate of drug-likeness (QED) is 0.631. The Hall–Kier alpha value is -1.06. The van der Waals surface area contributed by atoms with Gasteiger partial charge in [-0.2, -0.15) is 0 Å². The molecule has 2 unspecified atom stereocenters. The molecule has 0 aromatic carbocycles. The summed E-state index contributed by atoms with van der Waals surface area (Å²) in [6.45, 7) is 11.9. The fourth-order valence-electron chi connectivity index (χ4n) is 3.59. The van der Waals surface area contributed by atoms with Gasteiger partial charge in [-0.3, -0.25) is 9.59 Å². The van der Waals surface area contributed by atoms with Crippen LogP contribution < -0.4 is 0 Å². The lowest BCUT2D eigenvalue weighted by atomic mass is 9.66. The highest BCUT2D eigenvalue weighted by Gasteiger charge is 2.44. The maximum atomic E-state index is 11.8. The molecule has 4 nitrogen and oxygen atoms in total. The number of carboxylic acids is 2. The molecule has 124 valence electrons. The van der Waals surface area contributed by atoms with Crippen molar-refractivity contribution < 1.29 is 19.8 Å². The minimum atomic E-state index is -0.987. The Bertz CT molecular complexity index is 343. The van der Waals surface area contributed by atoms with Crippen LogP contribution in [0.5, 0.6) is 0 Å². The van der Waals surface area contributed by atoms with Crippen LogP contribution in [0.3, 0.4) is 0 Å². The summed E-state index contributed by atoms with van der Waals surface area (Å²) < 4.78 is 0. The molecule has 0 heterocycles. The normalized spacial score (nSPS) is 15.2. The molecule has 0 aromatic rings. The number of hydrogen-bond donors (Lipinski definition) is 2. The highest BCUT2D eigenvalue weighted by Crippen LogP contribution is 2.41. The average Bonchev–Trinajstić information content (AvgIpc) is 2.31. The van der Waals surface area contributed by atoms with Crippen LogP contribution in [0.15, 0.2) is 0 Å². The zero-order chi connectivity index (χ0) is 16.8. The molecule has 2 N–H and O–H groups in total. The summed E-state index contributed by atoms with van der Waals surface area (Å²) in [4.78, 5) is 23.5. The topological polar surface area (TPSA) is 74.6 Å². The molecule has 0 aliphatic rings. The van der Waals surface area contributed by atoms with E-state index in [0.717, 1.165) is 12.8 Å². The van der Waals surface area contributed by atoms with Gasteiger partial charge in [0.1, 0.15) is 0 Å². The standard InChI is InChI=1S/C17H32O4/c1-7-12(8-2)9-13(15(18)19)14(16(20)21)17(5,6)10-11(3)4/h11-14H,7-10H2,1-6H3,(H,18,19)(H,20,21). The van der Waals surface area contributed by atoms with Crippen LogP contribution in [-0.2, 0) is 9.59 Å². The molecule has 0 aliphatic carbocycles.